The fraction of sp³-hybridized carbons (Fsp3) is 0.467. The van der Waals surface area contributed by atoms with E-state index in [1.807, 2.05) is 6.92 Å². The van der Waals surface area contributed by atoms with Gasteiger partial charge in [-0.15, -0.1) is 0 Å². The molecule has 0 spiro atoms. The van der Waals surface area contributed by atoms with Crippen molar-refractivity contribution in [3.63, 3.8) is 0 Å². The second-order valence-electron chi connectivity index (χ2n) is 4.62. The van der Waals surface area contributed by atoms with Gasteiger partial charge < -0.3 is 10.1 Å². The second kappa shape index (κ2) is 7.25. The van der Waals surface area contributed by atoms with E-state index in [2.05, 4.69) is 43.9 Å². The lowest BCUT2D eigenvalue weighted by Gasteiger charge is -2.09. The van der Waals surface area contributed by atoms with Crippen LogP contribution in [0.15, 0.2) is 30.4 Å². The molecule has 1 N–H and O–H groups in total. The molecule has 0 heterocycles. The van der Waals surface area contributed by atoms with E-state index in [0.717, 1.165) is 25.3 Å². The SMILES string of the molecule is C=C(C)COCCNCc1cc(C)ccc1C. The number of nitrogens with one attached hydrogen (secondary N) is 1. The summed E-state index contributed by atoms with van der Waals surface area (Å²) in [5.74, 6) is 0. The quantitative estimate of drug-likeness (QED) is 0.577. The molecule has 0 saturated heterocycles. The zero-order chi connectivity index (χ0) is 12.7. The average Bonchev–Trinajstić information content (AvgIpc) is 2.27. The topological polar surface area (TPSA) is 21.3 Å². The summed E-state index contributed by atoms with van der Waals surface area (Å²) in [5, 5.41) is 3.39. The lowest BCUT2D eigenvalue weighted by molar-refractivity contribution is 0.157. The molecule has 1 rings (SSSR count). The Kier molecular flexibility index (Phi) is 5.95. The molecule has 0 aliphatic carbocycles. The maximum atomic E-state index is 5.42. The van der Waals surface area contributed by atoms with Crippen molar-refractivity contribution in [2.75, 3.05) is 19.8 Å². The number of aryl methyl sites for hydroxylation is 2. The smallest absolute Gasteiger partial charge is 0.0672 e. The van der Waals surface area contributed by atoms with Crippen molar-refractivity contribution in [2.24, 2.45) is 0 Å². The minimum absolute atomic E-state index is 0.658. The molecule has 94 valence electrons. The number of rotatable bonds is 7. The van der Waals surface area contributed by atoms with Gasteiger partial charge in [-0.3, -0.25) is 0 Å². The Morgan fingerprint density at radius 1 is 1.35 bits per heavy atom. The molecule has 0 bridgehead atoms. The fourth-order valence-electron chi connectivity index (χ4n) is 1.60. The van der Waals surface area contributed by atoms with Crippen LogP contribution in [0.2, 0.25) is 0 Å². The predicted molar refractivity (Wildman–Crippen MR) is 73.3 cm³/mol. The largest absolute Gasteiger partial charge is 0.376 e. The lowest BCUT2D eigenvalue weighted by Crippen LogP contribution is -2.20. The van der Waals surface area contributed by atoms with Gasteiger partial charge in [0, 0.05) is 13.1 Å². The van der Waals surface area contributed by atoms with Gasteiger partial charge in [-0.25, -0.2) is 0 Å². The van der Waals surface area contributed by atoms with E-state index >= 15 is 0 Å². The van der Waals surface area contributed by atoms with Gasteiger partial charge in [0.25, 0.3) is 0 Å². The Balaban J connectivity index is 2.22. The molecule has 0 aromatic heterocycles. The molecule has 0 fully saturated rings. The van der Waals surface area contributed by atoms with E-state index in [0.29, 0.717) is 6.61 Å². The van der Waals surface area contributed by atoms with Gasteiger partial charge >= 0.3 is 0 Å². The highest BCUT2D eigenvalue weighted by molar-refractivity contribution is 5.30. The summed E-state index contributed by atoms with van der Waals surface area (Å²) in [6.07, 6.45) is 0. The van der Waals surface area contributed by atoms with Gasteiger partial charge in [-0.1, -0.05) is 35.9 Å². The molecule has 0 saturated carbocycles. The Morgan fingerprint density at radius 2 is 2.12 bits per heavy atom. The zero-order valence-corrected chi connectivity index (χ0v) is 11.2. The summed E-state index contributed by atoms with van der Waals surface area (Å²) in [6, 6.07) is 6.55. The number of ether oxygens (including phenoxy) is 1. The minimum atomic E-state index is 0.658. The first-order chi connectivity index (χ1) is 8.09. The first kappa shape index (κ1) is 13.9. The lowest BCUT2D eigenvalue weighted by atomic mass is 10.1. The van der Waals surface area contributed by atoms with E-state index in [4.69, 9.17) is 4.74 Å². The van der Waals surface area contributed by atoms with Gasteiger partial charge in [-0.2, -0.15) is 0 Å². The van der Waals surface area contributed by atoms with Crippen LogP contribution in [-0.2, 0) is 11.3 Å². The number of hydrogen-bond donors (Lipinski definition) is 1. The normalized spacial score (nSPS) is 10.5. The molecular formula is C15H23NO. The van der Waals surface area contributed by atoms with Crippen molar-refractivity contribution < 1.29 is 4.74 Å². The van der Waals surface area contributed by atoms with Crippen molar-refractivity contribution in [3.05, 3.63) is 47.0 Å². The molecule has 1 aromatic rings. The van der Waals surface area contributed by atoms with E-state index in [-0.39, 0.29) is 0 Å². The monoisotopic (exact) mass is 233 g/mol. The molecule has 0 aliphatic heterocycles. The summed E-state index contributed by atoms with van der Waals surface area (Å²) in [7, 11) is 0. The molecule has 0 atom stereocenters. The first-order valence-corrected chi connectivity index (χ1v) is 6.08. The summed E-state index contributed by atoms with van der Waals surface area (Å²) < 4.78 is 5.42. The van der Waals surface area contributed by atoms with E-state index in [1.165, 1.54) is 16.7 Å². The first-order valence-electron chi connectivity index (χ1n) is 6.08. The average molecular weight is 233 g/mol. The van der Waals surface area contributed by atoms with Crippen LogP contribution in [0.1, 0.15) is 23.6 Å². The Morgan fingerprint density at radius 3 is 2.82 bits per heavy atom. The molecule has 0 aliphatic rings. The highest BCUT2D eigenvalue weighted by Crippen LogP contribution is 2.09. The van der Waals surface area contributed by atoms with Gasteiger partial charge in [0.1, 0.15) is 0 Å². The van der Waals surface area contributed by atoms with Crippen molar-refractivity contribution in [1.29, 1.82) is 0 Å². The molecule has 2 heteroatoms. The summed E-state index contributed by atoms with van der Waals surface area (Å²) in [4.78, 5) is 0. The molecule has 0 radical (unpaired) electrons. The Labute approximate surface area is 105 Å². The maximum Gasteiger partial charge on any atom is 0.0672 e. The second-order valence-corrected chi connectivity index (χ2v) is 4.62. The van der Waals surface area contributed by atoms with Crippen molar-refractivity contribution in [1.82, 2.24) is 5.32 Å². The van der Waals surface area contributed by atoms with Gasteiger partial charge in [0.05, 0.1) is 13.2 Å². The molecule has 0 amide bonds. The zero-order valence-electron chi connectivity index (χ0n) is 11.2. The highest BCUT2D eigenvalue weighted by atomic mass is 16.5. The van der Waals surface area contributed by atoms with Gasteiger partial charge in [0.2, 0.25) is 0 Å². The number of benzene rings is 1. The third-order valence-corrected chi connectivity index (χ3v) is 2.59. The highest BCUT2D eigenvalue weighted by Gasteiger charge is 1.98. The van der Waals surface area contributed by atoms with Crippen LogP contribution in [0.25, 0.3) is 0 Å². The van der Waals surface area contributed by atoms with Crippen LogP contribution in [0.3, 0.4) is 0 Å². The molecule has 1 aromatic carbocycles. The predicted octanol–water partition coefficient (Wildman–Crippen LogP) is 2.99. The Bertz CT molecular complexity index is 371. The van der Waals surface area contributed by atoms with E-state index in [9.17, 15) is 0 Å². The maximum absolute atomic E-state index is 5.42. The van der Waals surface area contributed by atoms with Crippen LogP contribution in [0, 0.1) is 13.8 Å². The van der Waals surface area contributed by atoms with E-state index in [1.54, 1.807) is 0 Å². The summed E-state index contributed by atoms with van der Waals surface area (Å²) in [5.41, 5.74) is 5.08. The third kappa shape index (κ3) is 5.66. The van der Waals surface area contributed by atoms with Crippen molar-refractivity contribution in [2.45, 2.75) is 27.3 Å². The number of hydrogen-bond acceptors (Lipinski definition) is 2. The van der Waals surface area contributed by atoms with Crippen LogP contribution in [0.5, 0.6) is 0 Å². The van der Waals surface area contributed by atoms with Gasteiger partial charge in [-0.05, 0) is 31.9 Å². The molecule has 0 unspecified atom stereocenters. The van der Waals surface area contributed by atoms with Gasteiger partial charge in [0.15, 0.2) is 0 Å². The van der Waals surface area contributed by atoms with Crippen LogP contribution in [0.4, 0.5) is 0 Å². The van der Waals surface area contributed by atoms with Crippen molar-refractivity contribution >= 4 is 0 Å². The summed E-state index contributed by atoms with van der Waals surface area (Å²) >= 11 is 0. The molecular weight excluding hydrogens is 210 g/mol. The Hall–Kier alpha value is -1.12. The van der Waals surface area contributed by atoms with Crippen LogP contribution >= 0.6 is 0 Å². The third-order valence-electron chi connectivity index (χ3n) is 2.59. The minimum Gasteiger partial charge on any atom is -0.376 e. The molecule has 17 heavy (non-hydrogen) atoms. The molecule has 2 nitrogen and oxygen atoms in total. The summed E-state index contributed by atoms with van der Waals surface area (Å²) in [6.45, 7) is 13.2. The van der Waals surface area contributed by atoms with E-state index < -0.39 is 0 Å². The van der Waals surface area contributed by atoms with Crippen molar-refractivity contribution in [3.8, 4) is 0 Å². The van der Waals surface area contributed by atoms with Crippen LogP contribution in [-0.4, -0.2) is 19.8 Å². The van der Waals surface area contributed by atoms with Crippen LogP contribution < -0.4 is 5.32 Å². The fourth-order valence-corrected chi connectivity index (χ4v) is 1.60. The standard InChI is InChI=1S/C15H23NO/c1-12(2)11-17-8-7-16-10-15-9-13(3)5-6-14(15)4/h5-6,9,16H,1,7-8,10-11H2,2-4H3.